The third-order valence-electron chi connectivity index (χ3n) is 1.91. The largest absolute Gasteiger partial charge is 0.469 e. The quantitative estimate of drug-likeness (QED) is 0.525. The lowest BCUT2D eigenvalue weighted by atomic mass is 9.97. The Bertz CT molecular complexity index is 149. The third kappa shape index (κ3) is 1.91. The first-order valence-corrected chi connectivity index (χ1v) is 3.67. The first-order chi connectivity index (χ1) is 5.25. The average Bonchev–Trinajstić information content (AvgIpc) is 2.04. The van der Waals surface area contributed by atoms with Gasteiger partial charge in [-0.15, -0.1) is 0 Å². The summed E-state index contributed by atoms with van der Waals surface area (Å²) in [6.07, 6.45) is 0.736. The van der Waals surface area contributed by atoms with Gasteiger partial charge in [0.2, 0.25) is 0 Å². The molecular formula is C7H13NO3. The number of hydrogen-bond donors (Lipinski definition) is 1. The second kappa shape index (κ2) is 3.69. The highest BCUT2D eigenvalue weighted by Gasteiger charge is 2.29. The van der Waals surface area contributed by atoms with Gasteiger partial charge in [0, 0.05) is 12.6 Å². The molecule has 1 rings (SSSR count). The van der Waals surface area contributed by atoms with E-state index in [1.54, 1.807) is 0 Å². The van der Waals surface area contributed by atoms with Gasteiger partial charge >= 0.3 is 5.97 Å². The van der Waals surface area contributed by atoms with E-state index in [1.807, 2.05) is 0 Å². The molecular weight excluding hydrogens is 146 g/mol. The van der Waals surface area contributed by atoms with E-state index in [9.17, 15) is 4.79 Å². The van der Waals surface area contributed by atoms with Crippen LogP contribution in [0.2, 0.25) is 0 Å². The molecule has 0 aromatic heterocycles. The Balaban J connectivity index is 2.47. The van der Waals surface area contributed by atoms with E-state index in [0.717, 1.165) is 6.42 Å². The highest BCUT2D eigenvalue weighted by Crippen LogP contribution is 2.13. The van der Waals surface area contributed by atoms with Gasteiger partial charge in [0.05, 0.1) is 19.6 Å². The Labute approximate surface area is 65.7 Å². The molecule has 4 nitrogen and oxygen atoms in total. The van der Waals surface area contributed by atoms with Crippen LogP contribution in [0, 0.1) is 5.92 Å². The number of carbonyl (C=O) groups excluding carboxylic acids is 1. The molecule has 0 aromatic rings. The minimum Gasteiger partial charge on any atom is -0.469 e. The van der Waals surface area contributed by atoms with Crippen molar-refractivity contribution in [1.82, 2.24) is 0 Å². The highest BCUT2D eigenvalue weighted by molar-refractivity contribution is 5.73. The van der Waals surface area contributed by atoms with Crippen molar-refractivity contribution in [2.75, 3.05) is 20.3 Å². The number of rotatable bonds is 1. The molecule has 0 spiro atoms. The molecule has 0 bridgehead atoms. The van der Waals surface area contributed by atoms with Crippen molar-refractivity contribution in [3.8, 4) is 0 Å². The molecule has 0 aromatic carbocycles. The fourth-order valence-electron chi connectivity index (χ4n) is 1.15. The smallest absolute Gasteiger partial charge is 0.312 e. The van der Waals surface area contributed by atoms with Crippen LogP contribution in [0.15, 0.2) is 0 Å². The van der Waals surface area contributed by atoms with Crippen molar-refractivity contribution < 1.29 is 14.3 Å². The van der Waals surface area contributed by atoms with Gasteiger partial charge in [0.15, 0.2) is 0 Å². The molecule has 0 saturated carbocycles. The molecule has 1 aliphatic rings. The van der Waals surface area contributed by atoms with Crippen molar-refractivity contribution in [2.24, 2.45) is 11.7 Å². The van der Waals surface area contributed by atoms with E-state index in [-0.39, 0.29) is 17.9 Å². The van der Waals surface area contributed by atoms with E-state index in [0.29, 0.717) is 13.2 Å². The summed E-state index contributed by atoms with van der Waals surface area (Å²) in [6, 6.07) is -0.101. The molecule has 0 amide bonds. The van der Waals surface area contributed by atoms with Crippen LogP contribution in [-0.4, -0.2) is 32.3 Å². The van der Waals surface area contributed by atoms with Crippen LogP contribution in [0.1, 0.15) is 6.42 Å². The van der Waals surface area contributed by atoms with Crippen LogP contribution in [0.25, 0.3) is 0 Å². The predicted molar refractivity (Wildman–Crippen MR) is 38.9 cm³/mol. The number of methoxy groups -OCH3 is 1. The number of esters is 1. The Hall–Kier alpha value is -0.610. The predicted octanol–water partition coefficient (Wildman–Crippen LogP) is -0.477. The minimum atomic E-state index is -0.270. The minimum absolute atomic E-state index is 0.101. The van der Waals surface area contributed by atoms with Crippen LogP contribution in [0.5, 0.6) is 0 Å². The molecule has 2 atom stereocenters. The summed E-state index contributed by atoms with van der Waals surface area (Å²) in [7, 11) is 1.36. The van der Waals surface area contributed by atoms with E-state index in [2.05, 4.69) is 4.74 Å². The van der Waals surface area contributed by atoms with Crippen molar-refractivity contribution >= 4 is 5.97 Å². The monoisotopic (exact) mass is 159 g/mol. The molecule has 0 radical (unpaired) electrons. The Morgan fingerprint density at radius 1 is 1.73 bits per heavy atom. The molecule has 1 fully saturated rings. The Morgan fingerprint density at radius 3 is 3.00 bits per heavy atom. The average molecular weight is 159 g/mol. The zero-order chi connectivity index (χ0) is 8.27. The molecule has 0 unspecified atom stereocenters. The Kier molecular flexibility index (Phi) is 2.84. The third-order valence-corrected chi connectivity index (χ3v) is 1.91. The number of hydrogen-bond acceptors (Lipinski definition) is 4. The maximum Gasteiger partial charge on any atom is 0.312 e. The van der Waals surface area contributed by atoms with Gasteiger partial charge in [-0.1, -0.05) is 0 Å². The van der Waals surface area contributed by atoms with Crippen molar-refractivity contribution in [1.29, 1.82) is 0 Å². The summed E-state index contributed by atoms with van der Waals surface area (Å²) in [4.78, 5) is 11.0. The lowest BCUT2D eigenvalue weighted by Gasteiger charge is -2.26. The summed E-state index contributed by atoms with van der Waals surface area (Å²) in [5, 5.41) is 0. The van der Waals surface area contributed by atoms with Crippen molar-refractivity contribution in [2.45, 2.75) is 12.5 Å². The maximum atomic E-state index is 11.0. The molecule has 11 heavy (non-hydrogen) atoms. The van der Waals surface area contributed by atoms with Gasteiger partial charge in [-0.25, -0.2) is 0 Å². The normalized spacial score (nSPS) is 31.5. The van der Waals surface area contributed by atoms with Crippen LogP contribution < -0.4 is 5.73 Å². The van der Waals surface area contributed by atoms with E-state index < -0.39 is 0 Å². The summed E-state index contributed by atoms with van der Waals surface area (Å²) >= 11 is 0. The molecule has 0 aliphatic carbocycles. The van der Waals surface area contributed by atoms with Crippen LogP contribution in [-0.2, 0) is 14.3 Å². The lowest BCUT2D eigenvalue weighted by molar-refractivity contribution is -0.150. The van der Waals surface area contributed by atoms with Gasteiger partial charge in [-0.05, 0) is 6.42 Å². The summed E-state index contributed by atoms with van der Waals surface area (Å²) in [6.45, 7) is 1.04. The summed E-state index contributed by atoms with van der Waals surface area (Å²) in [5.41, 5.74) is 5.67. The fraction of sp³-hybridized carbons (Fsp3) is 0.857. The molecule has 1 saturated heterocycles. The molecule has 2 N–H and O–H groups in total. The zero-order valence-corrected chi connectivity index (χ0v) is 6.58. The second-order valence-corrected chi connectivity index (χ2v) is 2.66. The SMILES string of the molecule is COC(=O)[C@H]1COCC[C@@H]1N. The van der Waals surface area contributed by atoms with Gasteiger partial charge < -0.3 is 15.2 Å². The van der Waals surface area contributed by atoms with E-state index in [4.69, 9.17) is 10.5 Å². The van der Waals surface area contributed by atoms with Gasteiger partial charge in [0.1, 0.15) is 0 Å². The number of ether oxygens (including phenoxy) is 2. The highest BCUT2D eigenvalue weighted by atomic mass is 16.5. The standard InChI is InChI=1S/C7H13NO3/c1-10-7(9)5-4-11-3-2-6(5)8/h5-6H,2-4,8H2,1H3/t5-,6-/m0/s1. The zero-order valence-electron chi connectivity index (χ0n) is 6.58. The molecule has 64 valence electrons. The first-order valence-electron chi connectivity index (χ1n) is 3.67. The maximum absolute atomic E-state index is 11.0. The van der Waals surface area contributed by atoms with Gasteiger partial charge in [-0.3, -0.25) is 4.79 Å². The van der Waals surface area contributed by atoms with Crippen molar-refractivity contribution in [3.63, 3.8) is 0 Å². The fourth-order valence-corrected chi connectivity index (χ4v) is 1.15. The first kappa shape index (κ1) is 8.49. The Morgan fingerprint density at radius 2 is 2.45 bits per heavy atom. The second-order valence-electron chi connectivity index (χ2n) is 2.66. The van der Waals surface area contributed by atoms with E-state index >= 15 is 0 Å². The van der Waals surface area contributed by atoms with E-state index in [1.165, 1.54) is 7.11 Å². The van der Waals surface area contributed by atoms with Crippen molar-refractivity contribution in [3.05, 3.63) is 0 Å². The van der Waals surface area contributed by atoms with Crippen LogP contribution in [0.3, 0.4) is 0 Å². The molecule has 1 aliphatic heterocycles. The number of carbonyl (C=O) groups is 1. The molecule has 1 heterocycles. The van der Waals surface area contributed by atoms with Gasteiger partial charge in [0.25, 0.3) is 0 Å². The van der Waals surface area contributed by atoms with Gasteiger partial charge in [-0.2, -0.15) is 0 Å². The van der Waals surface area contributed by atoms with Crippen LogP contribution >= 0.6 is 0 Å². The topological polar surface area (TPSA) is 61.5 Å². The summed E-state index contributed by atoms with van der Waals surface area (Å²) < 4.78 is 9.66. The summed E-state index contributed by atoms with van der Waals surface area (Å²) in [5.74, 6) is -0.536. The number of nitrogens with two attached hydrogens (primary N) is 1. The lowest BCUT2D eigenvalue weighted by Crippen LogP contribution is -2.43. The van der Waals surface area contributed by atoms with Crippen LogP contribution in [0.4, 0.5) is 0 Å². The molecule has 4 heteroatoms.